The molecule has 1 fully saturated rings. The van der Waals surface area contributed by atoms with Gasteiger partial charge < -0.3 is 21.3 Å². The zero-order chi connectivity index (χ0) is 14.8. The molecule has 1 aliphatic carbocycles. The second-order valence-electron chi connectivity index (χ2n) is 5.42. The minimum Gasteiger partial charge on any atom is -0.353 e. The van der Waals surface area contributed by atoms with E-state index in [1.165, 1.54) is 19.3 Å². The SMILES string of the molecule is CCN[C@H](C)CNC(=O)CNC(=O)NC1CCCCC1.Cl. The quantitative estimate of drug-likeness (QED) is 0.568. The molecule has 7 heteroatoms. The third kappa shape index (κ3) is 9.52. The van der Waals surface area contributed by atoms with E-state index >= 15 is 0 Å². The van der Waals surface area contributed by atoms with Crippen molar-refractivity contribution < 1.29 is 9.59 Å². The van der Waals surface area contributed by atoms with Crippen LogP contribution in [0.3, 0.4) is 0 Å². The smallest absolute Gasteiger partial charge is 0.315 e. The predicted octanol–water partition coefficient (Wildman–Crippen LogP) is 1.15. The molecule has 0 unspecified atom stereocenters. The van der Waals surface area contributed by atoms with E-state index in [1.807, 2.05) is 13.8 Å². The normalized spacial score (nSPS) is 16.5. The fourth-order valence-electron chi connectivity index (χ4n) is 2.39. The molecule has 124 valence electrons. The van der Waals surface area contributed by atoms with Gasteiger partial charge in [-0.2, -0.15) is 0 Å². The average Bonchev–Trinajstić information content (AvgIpc) is 2.44. The molecule has 1 aliphatic rings. The van der Waals surface area contributed by atoms with E-state index in [2.05, 4.69) is 21.3 Å². The highest BCUT2D eigenvalue weighted by atomic mass is 35.5. The lowest BCUT2D eigenvalue weighted by Crippen LogP contribution is -2.47. The maximum absolute atomic E-state index is 11.6. The van der Waals surface area contributed by atoms with Crippen LogP contribution in [0.2, 0.25) is 0 Å². The third-order valence-corrected chi connectivity index (χ3v) is 3.51. The molecule has 0 bridgehead atoms. The van der Waals surface area contributed by atoms with Gasteiger partial charge in [-0.05, 0) is 26.3 Å². The summed E-state index contributed by atoms with van der Waals surface area (Å²) in [5.41, 5.74) is 0. The van der Waals surface area contributed by atoms with Crippen molar-refractivity contribution in [2.75, 3.05) is 19.6 Å². The molecule has 0 saturated heterocycles. The first-order chi connectivity index (χ1) is 9.61. The maximum atomic E-state index is 11.6. The van der Waals surface area contributed by atoms with E-state index in [0.717, 1.165) is 19.4 Å². The summed E-state index contributed by atoms with van der Waals surface area (Å²) in [7, 11) is 0. The number of nitrogens with one attached hydrogen (secondary N) is 4. The van der Waals surface area contributed by atoms with Crippen LogP contribution in [0.15, 0.2) is 0 Å². The summed E-state index contributed by atoms with van der Waals surface area (Å²) >= 11 is 0. The summed E-state index contributed by atoms with van der Waals surface area (Å²) in [5, 5.41) is 11.5. The highest BCUT2D eigenvalue weighted by molar-refractivity contribution is 5.85. The van der Waals surface area contributed by atoms with Crippen molar-refractivity contribution in [1.82, 2.24) is 21.3 Å². The Labute approximate surface area is 133 Å². The second-order valence-corrected chi connectivity index (χ2v) is 5.42. The number of hydrogen-bond donors (Lipinski definition) is 4. The summed E-state index contributed by atoms with van der Waals surface area (Å²) < 4.78 is 0. The summed E-state index contributed by atoms with van der Waals surface area (Å²) in [5.74, 6) is -0.159. The van der Waals surface area contributed by atoms with Crippen LogP contribution in [-0.2, 0) is 4.79 Å². The zero-order valence-corrected chi connectivity index (χ0v) is 13.9. The topological polar surface area (TPSA) is 82.3 Å². The number of carbonyl (C=O) groups is 2. The number of carbonyl (C=O) groups excluding carboxylic acids is 2. The minimum absolute atomic E-state index is 0. The van der Waals surface area contributed by atoms with Gasteiger partial charge in [0.15, 0.2) is 0 Å². The first kappa shape index (κ1) is 20.0. The van der Waals surface area contributed by atoms with Crippen LogP contribution in [0.1, 0.15) is 46.0 Å². The molecule has 1 atom stereocenters. The zero-order valence-electron chi connectivity index (χ0n) is 13.0. The molecule has 1 rings (SSSR count). The molecule has 1 saturated carbocycles. The number of likely N-dealkylation sites (N-methyl/N-ethyl adjacent to an activating group) is 1. The Hall–Kier alpha value is -1.01. The highest BCUT2D eigenvalue weighted by Crippen LogP contribution is 2.16. The lowest BCUT2D eigenvalue weighted by Gasteiger charge is -2.22. The lowest BCUT2D eigenvalue weighted by atomic mass is 9.96. The van der Waals surface area contributed by atoms with Gasteiger partial charge in [0.2, 0.25) is 5.91 Å². The number of hydrogen-bond acceptors (Lipinski definition) is 3. The van der Waals surface area contributed by atoms with Crippen molar-refractivity contribution in [2.45, 2.75) is 58.0 Å². The lowest BCUT2D eigenvalue weighted by molar-refractivity contribution is -0.120. The molecule has 0 aromatic heterocycles. The molecule has 21 heavy (non-hydrogen) atoms. The fourth-order valence-corrected chi connectivity index (χ4v) is 2.39. The van der Waals surface area contributed by atoms with E-state index in [9.17, 15) is 9.59 Å². The van der Waals surface area contributed by atoms with Crippen molar-refractivity contribution in [1.29, 1.82) is 0 Å². The van der Waals surface area contributed by atoms with Gasteiger partial charge in [-0.1, -0.05) is 26.2 Å². The van der Waals surface area contributed by atoms with Crippen molar-refractivity contribution in [3.05, 3.63) is 0 Å². The molecule has 0 spiro atoms. The van der Waals surface area contributed by atoms with E-state index in [4.69, 9.17) is 0 Å². The van der Waals surface area contributed by atoms with Gasteiger partial charge in [-0.3, -0.25) is 4.79 Å². The van der Waals surface area contributed by atoms with Crippen LogP contribution in [0, 0.1) is 0 Å². The van der Waals surface area contributed by atoms with Crippen LogP contribution < -0.4 is 21.3 Å². The molecule has 3 amide bonds. The summed E-state index contributed by atoms with van der Waals surface area (Å²) in [6.07, 6.45) is 5.69. The van der Waals surface area contributed by atoms with E-state index < -0.39 is 0 Å². The Morgan fingerprint density at radius 2 is 1.81 bits per heavy atom. The first-order valence-electron chi connectivity index (χ1n) is 7.66. The Kier molecular flexibility index (Phi) is 11.1. The van der Waals surface area contributed by atoms with Crippen LogP contribution in [0.25, 0.3) is 0 Å². The maximum Gasteiger partial charge on any atom is 0.315 e. The number of urea groups is 1. The third-order valence-electron chi connectivity index (χ3n) is 3.51. The minimum atomic E-state index is -0.244. The Bertz CT molecular complexity index is 309. The molecule has 0 aromatic carbocycles. The molecule has 0 heterocycles. The molecule has 0 radical (unpaired) electrons. The standard InChI is InChI=1S/C14H28N4O2.ClH/c1-3-15-11(2)9-16-13(19)10-17-14(20)18-12-7-5-4-6-8-12;/h11-12,15H,3-10H2,1-2H3,(H,16,19)(H2,17,18,20);1H/t11-;/m1./s1. The molecular weight excluding hydrogens is 292 g/mol. The van der Waals surface area contributed by atoms with Crippen LogP contribution >= 0.6 is 12.4 Å². The Balaban J connectivity index is 0.00000400. The van der Waals surface area contributed by atoms with Crippen LogP contribution in [0.5, 0.6) is 0 Å². The van der Waals surface area contributed by atoms with Gasteiger partial charge in [0.1, 0.15) is 0 Å². The van der Waals surface area contributed by atoms with Gasteiger partial charge >= 0.3 is 6.03 Å². The first-order valence-corrected chi connectivity index (χ1v) is 7.66. The molecule has 0 aromatic rings. The summed E-state index contributed by atoms with van der Waals surface area (Å²) in [6, 6.07) is 0.257. The fraction of sp³-hybridized carbons (Fsp3) is 0.857. The van der Waals surface area contributed by atoms with Gasteiger partial charge in [0.25, 0.3) is 0 Å². The molecule has 0 aliphatic heterocycles. The number of amides is 3. The van der Waals surface area contributed by atoms with E-state index in [0.29, 0.717) is 6.54 Å². The van der Waals surface area contributed by atoms with Gasteiger partial charge in [-0.15, -0.1) is 12.4 Å². The predicted molar refractivity (Wildman–Crippen MR) is 86.8 cm³/mol. The largest absolute Gasteiger partial charge is 0.353 e. The molecular formula is C14H29ClN4O2. The van der Waals surface area contributed by atoms with Crippen molar-refractivity contribution in [2.24, 2.45) is 0 Å². The average molecular weight is 321 g/mol. The van der Waals surface area contributed by atoms with Crippen LogP contribution in [0.4, 0.5) is 4.79 Å². The van der Waals surface area contributed by atoms with Gasteiger partial charge in [-0.25, -0.2) is 4.79 Å². The van der Waals surface area contributed by atoms with Gasteiger partial charge in [0, 0.05) is 18.6 Å². The van der Waals surface area contributed by atoms with E-state index in [-0.39, 0.29) is 43.0 Å². The van der Waals surface area contributed by atoms with Crippen molar-refractivity contribution in [3.63, 3.8) is 0 Å². The number of rotatable bonds is 7. The summed E-state index contributed by atoms with van der Waals surface area (Å²) in [6.45, 7) is 5.50. The molecule has 6 nitrogen and oxygen atoms in total. The monoisotopic (exact) mass is 320 g/mol. The molecule has 4 N–H and O–H groups in total. The second kappa shape index (κ2) is 11.6. The number of halogens is 1. The Morgan fingerprint density at radius 3 is 2.43 bits per heavy atom. The summed E-state index contributed by atoms with van der Waals surface area (Å²) in [4.78, 5) is 23.2. The van der Waals surface area contributed by atoms with Crippen molar-refractivity contribution in [3.8, 4) is 0 Å². The van der Waals surface area contributed by atoms with Gasteiger partial charge in [0.05, 0.1) is 6.54 Å². The Morgan fingerprint density at radius 1 is 1.14 bits per heavy atom. The van der Waals surface area contributed by atoms with Crippen molar-refractivity contribution >= 4 is 24.3 Å². The van der Waals surface area contributed by atoms with Crippen LogP contribution in [-0.4, -0.2) is 43.7 Å². The van der Waals surface area contributed by atoms with E-state index in [1.54, 1.807) is 0 Å². The highest BCUT2D eigenvalue weighted by Gasteiger charge is 2.15.